The lowest BCUT2D eigenvalue weighted by Gasteiger charge is -2.36. The molecule has 3 aliphatic rings. The molecule has 7 rings (SSSR count). The SMILES string of the molecule is COC1CC(O)C(OC)c2oc3c4c5c(c(O)c3c(=O)c21)-c1c(cc2c(Cl)c(C)[nH]c(=O)c2c1O)CC5OCO4. The molecule has 12 heteroatoms. The van der Waals surface area contributed by atoms with E-state index in [4.69, 9.17) is 35.0 Å². The number of aliphatic hydroxyl groups excluding tert-OH is 1. The Hall–Kier alpha value is -3.61. The molecule has 4 aromatic rings. The first kappa shape index (κ1) is 25.4. The Bertz CT molecular complexity index is 1890. The average molecular weight is 570 g/mol. The standard InChI is InChI=1S/C28H24ClNO10/c1-8-20(29)10-4-9-5-13-16-18(14(9)21(32)15(10)28(35)30-8)23(34)19-22(33)17-12(36-2)6-11(31)24(37-3)26(17)40-27(19)25(16)39-7-38-13/h4,11-13,24,31-32,34H,5-7H2,1-3H3,(H,30,35). The molecule has 4 N–H and O–H groups in total. The van der Waals surface area contributed by atoms with Crippen LogP contribution in [0.15, 0.2) is 20.1 Å². The Morgan fingerprint density at radius 1 is 1.07 bits per heavy atom. The smallest absolute Gasteiger partial charge is 0.259 e. The number of methoxy groups -OCH3 is 2. The highest BCUT2D eigenvalue weighted by Crippen LogP contribution is 2.57. The fourth-order valence-electron chi connectivity index (χ4n) is 6.44. The molecule has 0 fully saturated rings. The van der Waals surface area contributed by atoms with Gasteiger partial charge in [0, 0.05) is 54.8 Å². The summed E-state index contributed by atoms with van der Waals surface area (Å²) < 4.78 is 28.9. The number of pyridine rings is 1. The molecule has 1 aliphatic heterocycles. The number of hydrogen-bond donors (Lipinski definition) is 4. The van der Waals surface area contributed by atoms with E-state index in [-0.39, 0.29) is 69.2 Å². The summed E-state index contributed by atoms with van der Waals surface area (Å²) in [6.07, 6.45) is -3.08. The minimum absolute atomic E-state index is 0.0421. The molecule has 3 heterocycles. The van der Waals surface area contributed by atoms with Gasteiger partial charge in [-0.3, -0.25) is 9.59 Å². The van der Waals surface area contributed by atoms with Gasteiger partial charge in [-0.25, -0.2) is 0 Å². The highest BCUT2D eigenvalue weighted by atomic mass is 35.5. The Kier molecular flexibility index (Phi) is 5.51. The Morgan fingerprint density at radius 3 is 2.55 bits per heavy atom. The lowest BCUT2D eigenvalue weighted by Crippen LogP contribution is -2.34. The fraction of sp³-hybridized carbons (Fsp3) is 0.357. The van der Waals surface area contributed by atoms with Gasteiger partial charge in [0.1, 0.15) is 28.7 Å². The van der Waals surface area contributed by atoms with Crippen LogP contribution in [0.25, 0.3) is 32.9 Å². The molecule has 0 spiro atoms. The van der Waals surface area contributed by atoms with Crippen molar-refractivity contribution in [3.63, 3.8) is 0 Å². The lowest BCUT2D eigenvalue weighted by atomic mass is 9.79. The van der Waals surface area contributed by atoms with Crippen LogP contribution in [0.4, 0.5) is 0 Å². The van der Waals surface area contributed by atoms with E-state index in [0.717, 1.165) is 0 Å². The molecule has 0 saturated heterocycles. The molecule has 2 aromatic carbocycles. The zero-order valence-corrected chi connectivity index (χ0v) is 22.3. The second kappa shape index (κ2) is 8.69. The predicted molar refractivity (Wildman–Crippen MR) is 142 cm³/mol. The summed E-state index contributed by atoms with van der Waals surface area (Å²) in [6.45, 7) is 1.49. The van der Waals surface area contributed by atoms with Crippen molar-refractivity contribution in [3.05, 3.63) is 59.8 Å². The molecule has 0 amide bonds. The van der Waals surface area contributed by atoms with Gasteiger partial charge in [-0.2, -0.15) is 0 Å². The number of nitrogens with one attached hydrogen (secondary N) is 1. The van der Waals surface area contributed by atoms with Crippen LogP contribution in [0.2, 0.25) is 5.02 Å². The third-order valence-electron chi connectivity index (χ3n) is 8.22. The van der Waals surface area contributed by atoms with Crippen LogP contribution >= 0.6 is 11.6 Å². The number of fused-ring (bicyclic) bond motifs is 6. The van der Waals surface area contributed by atoms with Crippen LogP contribution in [0, 0.1) is 6.92 Å². The van der Waals surface area contributed by atoms with Gasteiger partial charge in [-0.15, -0.1) is 0 Å². The van der Waals surface area contributed by atoms with E-state index >= 15 is 0 Å². The third-order valence-corrected chi connectivity index (χ3v) is 8.71. The maximum Gasteiger partial charge on any atom is 0.259 e. The third kappa shape index (κ3) is 3.15. The normalized spacial score (nSPS) is 23.0. The van der Waals surface area contributed by atoms with Crippen molar-refractivity contribution in [2.45, 2.75) is 44.2 Å². The summed E-state index contributed by atoms with van der Waals surface area (Å²) in [5, 5.41) is 34.3. The van der Waals surface area contributed by atoms with Crippen molar-refractivity contribution in [2.24, 2.45) is 0 Å². The summed E-state index contributed by atoms with van der Waals surface area (Å²) in [5.74, 6) is -0.626. The maximum atomic E-state index is 14.1. The number of aromatic nitrogens is 1. The molecular weight excluding hydrogens is 546 g/mol. The van der Waals surface area contributed by atoms with E-state index in [9.17, 15) is 24.9 Å². The summed E-state index contributed by atoms with van der Waals surface area (Å²) in [6, 6.07) is 1.70. The van der Waals surface area contributed by atoms with Gasteiger partial charge in [0.25, 0.3) is 5.56 Å². The van der Waals surface area contributed by atoms with Crippen LogP contribution in [-0.2, 0) is 20.6 Å². The Balaban J connectivity index is 1.64. The van der Waals surface area contributed by atoms with Gasteiger partial charge in [0.05, 0.1) is 34.3 Å². The second-order valence-corrected chi connectivity index (χ2v) is 10.6. The van der Waals surface area contributed by atoms with E-state index in [1.54, 1.807) is 13.0 Å². The number of aliphatic hydroxyl groups is 1. The number of hydrogen-bond acceptors (Lipinski definition) is 10. The number of aromatic hydroxyl groups is 2. The average Bonchev–Trinajstić information content (AvgIpc) is 2.92. The Labute approximate surface area is 230 Å². The molecule has 4 unspecified atom stereocenters. The number of phenolic OH excluding ortho intramolecular Hbond substituents is 2. The molecular formula is C28H24ClNO10. The summed E-state index contributed by atoms with van der Waals surface area (Å²) in [4.78, 5) is 29.6. The Morgan fingerprint density at radius 2 is 1.82 bits per heavy atom. The minimum atomic E-state index is -1.01. The highest BCUT2D eigenvalue weighted by molar-refractivity contribution is 6.36. The number of rotatable bonds is 2. The van der Waals surface area contributed by atoms with Crippen molar-refractivity contribution in [1.82, 2.24) is 4.98 Å². The summed E-state index contributed by atoms with van der Waals surface area (Å²) >= 11 is 6.50. The zero-order valence-electron chi connectivity index (χ0n) is 21.6. The molecule has 0 radical (unpaired) electrons. The lowest BCUT2D eigenvalue weighted by molar-refractivity contribution is -0.0709. The first-order chi connectivity index (χ1) is 19.2. The number of phenols is 2. The van der Waals surface area contributed by atoms with E-state index in [1.165, 1.54) is 14.2 Å². The van der Waals surface area contributed by atoms with Gasteiger partial charge in [0.15, 0.2) is 18.1 Å². The van der Waals surface area contributed by atoms with Gasteiger partial charge in [0.2, 0.25) is 5.43 Å². The molecule has 0 bridgehead atoms. The minimum Gasteiger partial charge on any atom is -0.506 e. The van der Waals surface area contributed by atoms with Crippen LogP contribution in [0.3, 0.4) is 0 Å². The van der Waals surface area contributed by atoms with Crippen molar-refractivity contribution >= 4 is 33.3 Å². The van der Waals surface area contributed by atoms with Crippen LogP contribution < -0.4 is 15.7 Å². The molecule has 0 saturated carbocycles. The van der Waals surface area contributed by atoms with Crippen molar-refractivity contribution in [1.29, 1.82) is 0 Å². The van der Waals surface area contributed by atoms with E-state index in [2.05, 4.69) is 4.98 Å². The first-order valence-corrected chi connectivity index (χ1v) is 13.0. The zero-order chi connectivity index (χ0) is 28.2. The second-order valence-electron chi connectivity index (χ2n) is 10.3. The van der Waals surface area contributed by atoms with Crippen LogP contribution in [0.1, 0.15) is 52.9 Å². The number of ether oxygens (including phenoxy) is 4. The number of H-pyrrole nitrogens is 1. The number of halogens is 1. The molecule has 208 valence electrons. The number of aromatic amines is 1. The topological polar surface area (TPSA) is 161 Å². The summed E-state index contributed by atoms with van der Waals surface area (Å²) in [5.41, 5.74) is 0.568. The van der Waals surface area contributed by atoms with E-state index < -0.39 is 46.9 Å². The maximum absolute atomic E-state index is 14.1. The van der Waals surface area contributed by atoms with Crippen LogP contribution in [-0.4, -0.2) is 47.4 Å². The number of aryl methyl sites for hydroxylation is 1. The molecule has 2 aliphatic carbocycles. The molecule has 11 nitrogen and oxygen atoms in total. The first-order valence-electron chi connectivity index (χ1n) is 12.6. The fourth-order valence-corrected chi connectivity index (χ4v) is 6.63. The monoisotopic (exact) mass is 569 g/mol. The number of benzene rings is 2. The van der Waals surface area contributed by atoms with Crippen molar-refractivity contribution in [3.8, 4) is 28.4 Å². The van der Waals surface area contributed by atoms with Gasteiger partial charge in [-0.1, -0.05) is 11.6 Å². The van der Waals surface area contributed by atoms with Crippen molar-refractivity contribution < 1.29 is 38.7 Å². The highest BCUT2D eigenvalue weighted by Gasteiger charge is 2.43. The summed E-state index contributed by atoms with van der Waals surface area (Å²) in [7, 11) is 2.80. The largest absolute Gasteiger partial charge is 0.506 e. The van der Waals surface area contributed by atoms with Crippen LogP contribution in [0.5, 0.6) is 17.2 Å². The van der Waals surface area contributed by atoms with Gasteiger partial charge in [-0.05, 0) is 18.6 Å². The molecule has 4 atom stereocenters. The molecule has 2 aromatic heterocycles. The van der Waals surface area contributed by atoms with Gasteiger partial charge >= 0.3 is 0 Å². The quantitative estimate of drug-likeness (QED) is 0.279. The van der Waals surface area contributed by atoms with E-state index in [1.807, 2.05) is 0 Å². The van der Waals surface area contributed by atoms with Crippen molar-refractivity contribution in [2.75, 3.05) is 21.0 Å². The van der Waals surface area contributed by atoms with Gasteiger partial charge < -0.3 is 43.7 Å². The predicted octanol–water partition coefficient (Wildman–Crippen LogP) is 3.78. The molecule has 40 heavy (non-hydrogen) atoms. The van der Waals surface area contributed by atoms with E-state index in [0.29, 0.717) is 22.2 Å².